The van der Waals surface area contributed by atoms with Crippen molar-refractivity contribution in [3.05, 3.63) is 26.6 Å². The highest BCUT2D eigenvalue weighted by molar-refractivity contribution is 9.10. The van der Waals surface area contributed by atoms with Crippen LogP contribution < -0.4 is 10.7 Å². The number of sulfonamides is 1. The summed E-state index contributed by atoms with van der Waals surface area (Å²) in [6.07, 6.45) is -2.98. The minimum atomic E-state index is -4.21. The van der Waals surface area contributed by atoms with E-state index in [1.54, 1.807) is 0 Å². The number of aromatic nitrogens is 1. The molecule has 84 valence electrons. The summed E-state index contributed by atoms with van der Waals surface area (Å²) >= 11 is 2.65. The number of nitrogens with two attached hydrogens (primary N) is 1. The lowest BCUT2D eigenvalue weighted by molar-refractivity contribution is 0.145. The van der Waals surface area contributed by atoms with E-state index >= 15 is 0 Å². The third-order valence-corrected chi connectivity index (χ3v) is 3.49. The van der Waals surface area contributed by atoms with E-state index in [4.69, 9.17) is 5.14 Å². The van der Waals surface area contributed by atoms with Crippen LogP contribution >= 0.6 is 15.9 Å². The van der Waals surface area contributed by atoms with Gasteiger partial charge >= 0.3 is 0 Å². The van der Waals surface area contributed by atoms with Crippen LogP contribution in [0.3, 0.4) is 0 Å². The molecule has 1 aromatic heterocycles. The lowest BCUT2D eigenvalue weighted by Crippen LogP contribution is -2.20. The summed E-state index contributed by atoms with van der Waals surface area (Å²) in [4.78, 5) is 12.2. The van der Waals surface area contributed by atoms with Gasteiger partial charge in [-0.25, -0.2) is 22.3 Å². The summed E-state index contributed by atoms with van der Waals surface area (Å²) in [6, 6.07) is 0.617. The lowest BCUT2D eigenvalue weighted by Gasteiger charge is -2.04. The lowest BCUT2D eigenvalue weighted by atomic mass is 10.3. The molecule has 0 aliphatic carbocycles. The first-order valence-electron chi connectivity index (χ1n) is 3.47. The van der Waals surface area contributed by atoms with E-state index in [1.165, 1.54) is 0 Å². The summed E-state index contributed by atoms with van der Waals surface area (Å²) in [6.45, 7) is 0. The maximum absolute atomic E-state index is 12.2. The van der Waals surface area contributed by atoms with Gasteiger partial charge in [-0.1, -0.05) is 0 Å². The first-order chi connectivity index (χ1) is 6.73. The Kier molecular flexibility index (Phi) is 3.26. The van der Waals surface area contributed by atoms with E-state index in [-0.39, 0.29) is 0 Å². The van der Waals surface area contributed by atoms with Crippen molar-refractivity contribution in [2.45, 2.75) is 11.3 Å². The van der Waals surface area contributed by atoms with E-state index in [0.29, 0.717) is 6.07 Å². The van der Waals surface area contributed by atoms with Crippen molar-refractivity contribution in [3.8, 4) is 0 Å². The number of hydrogen-bond acceptors (Lipinski definition) is 3. The van der Waals surface area contributed by atoms with Crippen molar-refractivity contribution in [2.24, 2.45) is 5.14 Å². The van der Waals surface area contributed by atoms with Gasteiger partial charge in [0.1, 0.15) is 9.37 Å². The smallest absolute Gasteiger partial charge is 0.278 e. The zero-order valence-electron chi connectivity index (χ0n) is 7.00. The average molecular weight is 303 g/mol. The molecule has 0 bridgehead atoms. The Morgan fingerprint density at radius 2 is 2.00 bits per heavy atom. The third kappa shape index (κ3) is 2.61. The number of aromatic amines is 1. The van der Waals surface area contributed by atoms with Crippen LogP contribution in [0, 0.1) is 0 Å². The zero-order valence-corrected chi connectivity index (χ0v) is 9.40. The maximum atomic E-state index is 12.2. The Labute approximate surface area is 91.5 Å². The minimum Gasteiger partial charge on any atom is -0.320 e. The fourth-order valence-electron chi connectivity index (χ4n) is 0.863. The van der Waals surface area contributed by atoms with Crippen LogP contribution in [-0.2, 0) is 10.0 Å². The highest BCUT2D eigenvalue weighted by Gasteiger charge is 2.19. The van der Waals surface area contributed by atoms with Crippen molar-refractivity contribution in [1.29, 1.82) is 0 Å². The van der Waals surface area contributed by atoms with Crippen molar-refractivity contribution in [3.63, 3.8) is 0 Å². The predicted molar refractivity (Wildman–Crippen MR) is 51.1 cm³/mol. The van der Waals surface area contributed by atoms with Gasteiger partial charge in [0.2, 0.25) is 10.0 Å². The Balaban J connectivity index is 3.60. The molecule has 0 saturated carbocycles. The van der Waals surface area contributed by atoms with E-state index in [1.807, 2.05) is 4.98 Å². The number of nitrogens with one attached hydrogen (secondary N) is 1. The molecule has 0 radical (unpaired) electrons. The summed E-state index contributed by atoms with van der Waals surface area (Å²) in [5, 5.41) is 4.74. The molecule has 0 amide bonds. The average Bonchev–Trinajstić information content (AvgIpc) is 2.06. The molecule has 9 heteroatoms. The second kappa shape index (κ2) is 3.99. The maximum Gasteiger partial charge on any atom is 0.278 e. The van der Waals surface area contributed by atoms with Crippen LogP contribution in [-0.4, -0.2) is 13.4 Å². The van der Waals surface area contributed by atoms with Crippen LogP contribution in [0.1, 0.15) is 12.1 Å². The fraction of sp³-hybridized carbons (Fsp3) is 0.167. The van der Waals surface area contributed by atoms with Gasteiger partial charge in [0.05, 0.1) is 5.69 Å². The standard InChI is InChI=1S/C6H5BrF2N2O3S/c7-4-3(15(10,13)14)1-2(5(8)9)11-6(4)12/h1,5H,(H,11,12)(H2,10,13,14). The van der Waals surface area contributed by atoms with Gasteiger partial charge < -0.3 is 4.98 Å². The number of rotatable bonds is 2. The van der Waals surface area contributed by atoms with Gasteiger partial charge in [-0.2, -0.15) is 0 Å². The van der Waals surface area contributed by atoms with Crippen molar-refractivity contribution >= 4 is 26.0 Å². The SMILES string of the molecule is NS(=O)(=O)c1cc(C(F)F)[nH]c(=O)c1Br. The highest BCUT2D eigenvalue weighted by atomic mass is 79.9. The summed E-state index contributed by atoms with van der Waals surface area (Å²) in [7, 11) is -4.21. The molecule has 15 heavy (non-hydrogen) atoms. The zero-order chi connectivity index (χ0) is 11.8. The van der Waals surface area contributed by atoms with Crippen molar-refractivity contribution in [1.82, 2.24) is 4.98 Å². The van der Waals surface area contributed by atoms with E-state index in [0.717, 1.165) is 0 Å². The van der Waals surface area contributed by atoms with Gasteiger partial charge in [0.15, 0.2) is 0 Å². The van der Waals surface area contributed by atoms with E-state index in [2.05, 4.69) is 15.9 Å². The second-order valence-electron chi connectivity index (χ2n) is 2.58. The molecule has 0 unspecified atom stereocenters. The first kappa shape index (κ1) is 12.3. The molecule has 5 nitrogen and oxygen atoms in total. The number of hydrogen-bond donors (Lipinski definition) is 2. The summed E-state index contributed by atoms with van der Waals surface area (Å²) < 4.78 is 45.9. The first-order valence-corrected chi connectivity index (χ1v) is 5.81. The molecule has 1 aromatic rings. The van der Waals surface area contributed by atoms with Gasteiger partial charge in [-0.15, -0.1) is 0 Å². The van der Waals surface area contributed by atoms with Crippen LogP contribution in [0.2, 0.25) is 0 Å². The second-order valence-corrected chi connectivity index (χ2v) is 4.90. The largest absolute Gasteiger partial charge is 0.320 e. The van der Waals surface area contributed by atoms with Gasteiger partial charge in [0.25, 0.3) is 12.0 Å². The number of H-pyrrole nitrogens is 1. The Morgan fingerprint density at radius 3 is 2.40 bits per heavy atom. The Morgan fingerprint density at radius 1 is 1.47 bits per heavy atom. The molecular formula is C6H5BrF2N2O3S. The number of alkyl halides is 2. The number of pyridine rings is 1. The molecule has 0 aliphatic heterocycles. The number of primary sulfonamides is 1. The van der Waals surface area contributed by atoms with Crippen LogP contribution in [0.15, 0.2) is 20.2 Å². The van der Waals surface area contributed by atoms with Gasteiger partial charge in [-0.3, -0.25) is 4.79 Å². The molecule has 1 heterocycles. The molecule has 0 fully saturated rings. The summed E-state index contributed by atoms with van der Waals surface area (Å²) in [5.74, 6) is 0. The van der Waals surface area contributed by atoms with Crippen LogP contribution in [0.4, 0.5) is 8.78 Å². The topological polar surface area (TPSA) is 93.0 Å². The molecule has 0 spiro atoms. The van der Waals surface area contributed by atoms with Gasteiger partial charge in [-0.05, 0) is 22.0 Å². The summed E-state index contributed by atoms with van der Waals surface area (Å²) in [5.41, 5.74) is -1.77. The molecule has 1 rings (SSSR count). The molecule has 3 N–H and O–H groups in total. The number of halogens is 3. The Bertz CT molecular complexity index is 540. The van der Waals surface area contributed by atoms with Crippen LogP contribution in [0.25, 0.3) is 0 Å². The van der Waals surface area contributed by atoms with E-state index in [9.17, 15) is 22.0 Å². The molecule has 0 aromatic carbocycles. The molecule has 0 aliphatic rings. The van der Waals surface area contributed by atoms with Crippen molar-refractivity contribution in [2.75, 3.05) is 0 Å². The molecule has 0 saturated heterocycles. The Hall–Kier alpha value is -0.800. The quantitative estimate of drug-likeness (QED) is 0.843. The minimum absolute atomic E-state index is 0.394. The molecular weight excluding hydrogens is 298 g/mol. The normalized spacial score (nSPS) is 12.1. The monoisotopic (exact) mass is 302 g/mol. The molecule has 0 atom stereocenters. The van der Waals surface area contributed by atoms with Crippen LogP contribution in [0.5, 0.6) is 0 Å². The van der Waals surface area contributed by atoms with Crippen molar-refractivity contribution < 1.29 is 17.2 Å². The predicted octanol–water partition coefficient (Wildman–Crippen LogP) is 0.722. The third-order valence-electron chi connectivity index (χ3n) is 1.50. The van der Waals surface area contributed by atoms with Gasteiger partial charge in [0, 0.05) is 0 Å². The van der Waals surface area contributed by atoms with E-state index < -0.39 is 37.1 Å². The highest BCUT2D eigenvalue weighted by Crippen LogP contribution is 2.22. The fourth-order valence-corrected chi connectivity index (χ4v) is 2.39.